The summed E-state index contributed by atoms with van der Waals surface area (Å²) in [6.45, 7) is 2.31. The highest BCUT2D eigenvalue weighted by molar-refractivity contribution is 9.10. The van der Waals surface area contributed by atoms with Gasteiger partial charge >= 0.3 is 0 Å². The number of aryl methyl sites for hydroxylation is 1. The van der Waals surface area contributed by atoms with Gasteiger partial charge in [0.15, 0.2) is 0 Å². The maximum Gasteiger partial charge on any atom is 0.254 e. The standard InChI is InChI=1S/C22H30BrN3O4/c1-24-10-5-9-20(24)16-25(12-14-30-3)21(27)17-26(11-6-13-29-2)22(28)18-7-4-8-19(23)15-18/h4-5,7-10,15H,6,11-14,16-17H2,1-3H3. The van der Waals surface area contributed by atoms with Crippen molar-refractivity contribution < 1.29 is 19.1 Å². The Labute approximate surface area is 186 Å². The number of hydrogen-bond acceptors (Lipinski definition) is 4. The molecule has 1 aromatic heterocycles. The molecule has 30 heavy (non-hydrogen) atoms. The first-order valence-electron chi connectivity index (χ1n) is 9.87. The van der Waals surface area contributed by atoms with Gasteiger partial charge in [-0.15, -0.1) is 0 Å². The van der Waals surface area contributed by atoms with Gasteiger partial charge in [0.05, 0.1) is 13.2 Å². The summed E-state index contributed by atoms with van der Waals surface area (Å²) in [5.41, 5.74) is 1.56. The van der Waals surface area contributed by atoms with Crippen LogP contribution in [-0.2, 0) is 27.9 Å². The molecule has 0 radical (unpaired) electrons. The summed E-state index contributed by atoms with van der Waals surface area (Å²) >= 11 is 3.40. The quantitative estimate of drug-likeness (QED) is 0.439. The number of amides is 2. The van der Waals surface area contributed by atoms with Crippen LogP contribution < -0.4 is 0 Å². The van der Waals surface area contributed by atoms with Gasteiger partial charge in [-0.1, -0.05) is 22.0 Å². The molecular formula is C22H30BrN3O4. The van der Waals surface area contributed by atoms with E-state index < -0.39 is 0 Å². The number of carbonyl (C=O) groups excluding carboxylic acids is 2. The maximum atomic E-state index is 13.2. The second-order valence-electron chi connectivity index (χ2n) is 7.00. The topological polar surface area (TPSA) is 64.0 Å². The zero-order valence-electron chi connectivity index (χ0n) is 17.8. The van der Waals surface area contributed by atoms with Crippen LogP contribution in [-0.4, -0.2) is 73.2 Å². The van der Waals surface area contributed by atoms with Crippen molar-refractivity contribution in [2.24, 2.45) is 7.05 Å². The fourth-order valence-electron chi connectivity index (χ4n) is 3.07. The van der Waals surface area contributed by atoms with Gasteiger partial charge in [0.1, 0.15) is 6.54 Å². The summed E-state index contributed by atoms with van der Waals surface area (Å²) in [4.78, 5) is 29.6. The number of aromatic nitrogens is 1. The van der Waals surface area contributed by atoms with E-state index in [0.29, 0.717) is 44.8 Å². The van der Waals surface area contributed by atoms with Gasteiger partial charge in [0, 0.05) is 62.9 Å². The third-order valence-corrected chi connectivity index (χ3v) is 5.28. The van der Waals surface area contributed by atoms with E-state index in [1.54, 1.807) is 36.2 Å². The van der Waals surface area contributed by atoms with Gasteiger partial charge in [0.25, 0.3) is 5.91 Å². The van der Waals surface area contributed by atoms with Crippen molar-refractivity contribution in [2.45, 2.75) is 13.0 Å². The largest absolute Gasteiger partial charge is 0.385 e. The highest BCUT2D eigenvalue weighted by atomic mass is 79.9. The molecule has 8 heteroatoms. The number of hydrogen-bond donors (Lipinski definition) is 0. The molecule has 0 aliphatic carbocycles. The van der Waals surface area contributed by atoms with E-state index in [1.807, 2.05) is 42.1 Å². The third kappa shape index (κ3) is 7.27. The Hall–Kier alpha value is -2.16. The second-order valence-corrected chi connectivity index (χ2v) is 7.92. The molecule has 0 bridgehead atoms. The molecule has 1 aromatic carbocycles. The molecule has 7 nitrogen and oxygen atoms in total. The summed E-state index contributed by atoms with van der Waals surface area (Å²) in [5.74, 6) is -0.291. The lowest BCUT2D eigenvalue weighted by molar-refractivity contribution is -0.133. The molecule has 164 valence electrons. The summed E-state index contributed by atoms with van der Waals surface area (Å²) in [7, 11) is 5.18. The van der Waals surface area contributed by atoms with Crippen LogP contribution in [0, 0.1) is 0 Å². The second kappa shape index (κ2) is 12.5. The van der Waals surface area contributed by atoms with Crippen LogP contribution in [0.1, 0.15) is 22.5 Å². The maximum absolute atomic E-state index is 13.2. The normalized spacial score (nSPS) is 10.8. The molecule has 0 atom stereocenters. The van der Waals surface area contributed by atoms with Crippen LogP contribution in [0.2, 0.25) is 0 Å². The highest BCUT2D eigenvalue weighted by Gasteiger charge is 2.23. The number of halogens is 1. The minimum absolute atomic E-state index is 0.00317. The van der Waals surface area contributed by atoms with E-state index in [2.05, 4.69) is 15.9 Å². The van der Waals surface area contributed by atoms with Crippen molar-refractivity contribution >= 4 is 27.7 Å². The van der Waals surface area contributed by atoms with Crippen molar-refractivity contribution in [1.82, 2.24) is 14.4 Å². The minimum Gasteiger partial charge on any atom is -0.385 e. The Bertz CT molecular complexity index is 824. The summed E-state index contributed by atoms with van der Waals surface area (Å²) in [6.07, 6.45) is 2.60. The molecule has 0 unspecified atom stereocenters. The smallest absolute Gasteiger partial charge is 0.254 e. The SMILES string of the molecule is COCCCN(CC(=O)N(CCOC)Cc1cccn1C)C(=O)c1cccc(Br)c1. The Balaban J connectivity index is 2.16. The van der Waals surface area contributed by atoms with Crippen LogP contribution in [0.25, 0.3) is 0 Å². The number of carbonyl (C=O) groups is 2. The number of rotatable bonds is 12. The minimum atomic E-state index is -0.175. The first kappa shape index (κ1) is 24.1. The van der Waals surface area contributed by atoms with Crippen LogP contribution >= 0.6 is 15.9 Å². The Morgan fingerprint density at radius 1 is 1.03 bits per heavy atom. The zero-order valence-corrected chi connectivity index (χ0v) is 19.4. The first-order chi connectivity index (χ1) is 14.5. The molecule has 0 aliphatic heterocycles. The number of nitrogens with zero attached hydrogens (tertiary/aromatic N) is 3. The molecule has 0 N–H and O–H groups in total. The van der Waals surface area contributed by atoms with Gasteiger partial charge in [0.2, 0.25) is 5.91 Å². The predicted molar refractivity (Wildman–Crippen MR) is 119 cm³/mol. The van der Waals surface area contributed by atoms with Gasteiger partial charge in [-0.2, -0.15) is 0 Å². The molecule has 0 fully saturated rings. The lowest BCUT2D eigenvalue weighted by Gasteiger charge is -2.28. The van der Waals surface area contributed by atoms with Crippen LogP contribution in [0.3, 0.4) is 0 Å². The number of benzene rings is 1. The summed E-state index contributed by atoms with van der Waals surface area (Å²) in [5, 5.41) is 0. The van der Waals surface area contributed by atoms with E-state index >= 15 is 0 Å². The Morgan fingerprint density at radius 3 is 2.43 bits per heavy atom. The Morgan fingerprint density at radius 2 is 1.80 bits per heavy atom. The fourth-order valence-corrected chi connectivity index (χ4v) is 3.47. The monoisotopic (exact) mass is 479 g/mol. The molecule has 1 heterocycles. The lowest BCUT2D eigenvalue weighted by Crippen LogP contribution is -2.44. The molecule has 0 saturated carbocycles. The van der Waals surface area contributed by atoms with Crippen LogP contribution in [0.4, 0.5) is 0 Å². The van der Waals surface area contributed by atoms with Gasteiger partial charge in [-0.05, 0) is 36.8 Å². The van der Waals surface area contributed by atoms with Crippen LogP contribution in [0.15, 0.2) is 47.1 Å². The lowest BCUT2D eigenvalue weighted by atomic mass is 10.2. The number of methoxy groups -OCH3 is 2. The summed E-state index contributed by atoms with van der Waals surface area (Å²) in [6, 6.07) is 11.1. The molecule has 2 aromatic rings. The van der Waals surface area contributed by atoms with Crippen molar-refractivity contribution in [3.05, 3.63) is 58.3 Å². The average Bonchev–Trinajstić information content (AvgIpc) is 3.14. The van der Waals surface area contributed by atoms with Gasteiger partial charge < -0.3 is 23.8 Å². The van der Waals surface area contributed by atoms with Crippen molar-refractivity contribution in [2.75, 3.05) is 47.1 Å². The van der Waals surface area contributed by atoms with Crippen molar-refractivity contribution in [3.63, 3.8) is 0 Å². The first-order valence-corrected chi connectivity index (χ1v) is 10.7. The molecule has 0 saturated heterocycles. The third-order valence-electron chi connectivity index (χ3n) is 4.78. The van der Waals surface area contributed by atoms with E-state index in [9.17, 15) is 9.59 Å². The molecular weight excluding hydrogens is 450 g/mol. The highest BCUT2D eigenvalue weighted by Crippen LogP contribution is 2.14. The van der Waals surface area contributed by atoms with Crippen LogP contribution in [0.5, 0.6) is 0 Å². The Kier molecular flexibility index (Phi) is 10.1. The van der Waals surface area contributed by atoms with E-state index in [-0.39, 0.29) is 18.4 Å². The van der Waals surface area contributed by atoms with Gasteiger partial charge in [-0.3, -0.25) is 9.59 Å². The van der Waals surface area contributed by atoms with Gasteiger partial charge in [-0.25, -0.2) is 0 Å². The summed E-state index contributed by atoms with van der Waals surface area (Å²) < 4.78 is 13.1. The average molecular weight is 480 g/mol. The number of ether oxygens (including phenoxy) is 2. The molecule has 0 spiro atoms. The van der Waals surface area contributed by atoms with E-state index in [0.717, 1.165) is 10.2 Å². The fraction of sp³-hybridized carbons (Fsp3) is 0.455. The molecule has 2 rings (SSSR count). The predicted octanol–water partition coefficient (Wildman–Crippen LogP) is 2.94. The van der Waals surface area contributed by atoms with Crippen molar-refractivity contribution in [1.29, 1.82) is 0 Å². The van der Waals surface area contributed by atoms with Crippen molar-refractivity contribution in [3.8, 4) is 0 Å². The van der Waals surface area contributed by atoms with E-state index in [1.165, 1.54) is 0 Å². The van der Waals surface area contributed by atoms with E-state index in [4.69, 9.17) is 9.47 Å². The zero-order chi connectivity index (χ0) is 21.9. The molecule has 0 aliphatic rings. The molecule has 2 amide bonds.